The molecule has 0 aliphatic heterocycles. The fraction of sp³-hybridized carbons (Fsp3) is 0.769. The van der Waals surface area contributed by atoms with Gasteiger partial charge in [0, 0.05) is 5.56 Å². The largest absolute Gasteiger partial charge is 0.250 e. The first kappa shape index (κ1) is 12.0. The van der Waals surface area contributed by atoms with Gasteiger partial charge in [0.2, 0.25) is 0 Å². The van der Waals surface area contributed by atoms with Crippen LogP contribution in [0.25, 0.3) is 0 Å². The normalized spacial score (nSPS) is 16.2. The molecule has 0 spiro atoms. The Hall–Kier alpha value is -0.500. The first-order valence-corrected chi connectivity index (χ1v) is 6.91. The van der Waals surface area contributed by atoms with Crippen LogP contribution in [0.1, 0.15) is 63.3 Å². The minimum absolute atomic E-state index is 0.472. The molecule has 2 nitrogen and oxygen atoms in total. The van der Waals surface area contributed by atoms with E-state index in [2.05, 4.69) is 18.5 Å². The summed E-state index contributed by atoms with van der Waals surface area (Å²) in [6.07, 6.45) is 8.30. The molecule has 0 aromatic carbocycles. The van der Waals surface area contributed by atoms with E-state index in [0.717, 1.165) is 30.8 Å². The smallest absolute Gasteiger partial charge is 0.130 e. The lowest BCUT2D eigenvalue weighted by Gasteiger charge is -2.14. The van der Waals surface area contributed by atoms with Gasteiger partial charge in [-0.05, 0) is 38.5 Å². The van der Waals surface area contributed by atoms with E-state index >= 15 is 0 Å². The number of hydrogen-bond donors (Lipinski definition) is 0. The molecule has 0 atom stereocenters. The topological polar surface area (TPSA) is 17.8 Å². The van der Waals surface area contributed by atoms with Gasteiger partial charge in [-0.3, -0.25) is 4.68 Å². The van der Waals surface area contributed by atoms with E-state index in [1.165, 1.54) is 30.5 Å². The number of fused-ring (bicyclic) bond motifs is 1. The molecular weight excluding hydrogens is 220 g/mol. The number of rotatable bonds is 3. The summed E-state index contributed by atoms with van der Waals surface area (Å²) in [5.74, 6) is 0. The molecule has 0 radical (unpaired) electrons. The first-order valence-electron chi connectivity index (χ1n) is 6.53. The molecule has 16 heavy (non-hydrogen) atoms. The molecule has 0 fully saturated rings. The number of nitrogens with zero attached hydrogens (tertiary/aromatic N) is 2. The van der Waals surface area contributed by atoms with Crippen LogP contribution in [-0.4, -0.2) is 9.78 Å². The van der Waals surface area contributed by atoms with Crippen LogP contribution >= 0.6 is 11.6 Å². The van der Waals surface area contributed by atoms with E-state index < -0.39 is 0 Å². The van der Waals surface area contributed by atoms with Crippen molar-refractivity contribution >= 4 is 11.6 Å². The van der Waals surface area contributed by atoms with E-state index in [4.69, 9.17) is 16.7 Å². The Labute approximate surface area is 103 Å². The van der Waals surface area contributed by atoms with Gasteiger partial charge >= 0.3 is 0 Å². The van der Waals surface area contributed by atoms with Crippen LogP contribution in [0.15, 0.2) is 0 Å². The Bertz CT molecular complexity index is 353. The van der Waals surface area contributed by atoms with Crippen molar-refractivity contribution < 1.29 is 0 Å². The predicted molar refractivity (Wildman–Crippen MR) is 68.1 cm³/mol. The first-order chi connectivity index (χ1) is 7.77. The summed E-state index contributed by atoms with van der Waals surface area (Å²) in [6.45, 7) is 4.41. The van der Waals surface area contributed by atoms with Crippen molar-refractivity contribution in [3.8, 4) is 0 Å². The Balaban J connectivity index is 2.34. The zero-order chi connectivity index (χ0) is 11.5. The fourth-order valence-electron chi connectivity index (χ4n) is 2.59. The molecule has 2 rings (SSSR count). The van der Waals surface area contributed by atoms with Crippen LogP contribution in [0, 0.1) is 0 Å². The molecule has 0 unspecified atom stereocenters. The quantitative estimate of drug-likeness (QED) is 0.726. The monoisotopic (exact) mass is 240 g/mol. The van der Waals surface area contributed by atoms with Crippen molar-refractivity contribution in [2.75, 3.05) is 0 Å². The van der Waals surface area contributed by atoms with Crippen LogP contribution in [0.3, 0.4) is 0 Å². The standard InChI is InChI=1S/C13H21ClN2/c1-3-10(4-2)16-13(14)11-8-6-5-7-9-12(11)15-16/h10H,3-9H2,1-2H3. The van der Waals surface area contributed by atoms with E-state index in [1.54, 1.807) is 0 Å². The van der Waals surface area contributed by atoms with E-state index in [-0.39, 0.29) is 0 Å². The van der Waals surface area contributed by atoms with Gasteiger partial charge < -0.3 is 0 Å². The highest BCUT2D eigenvalue weighted by molar-refractivity contribution is 6.30. The second-order valence-electron chi connectivity index (χ2n) is 4.69. The molecular formula is C13H21ClN2. The summed E-state index contributed by atoms with van der Waals surface area (Å²) < 4.78 is 2.07. The average molecular weight is 241 g/mol. The van der Waals surface area contributed by atoms with Gasteiger partial charge in [-0.25, -0.2) is 0 Å². The van der Waals surface area contributed by atoms with Crippen LogP contribution in [0.4, 0.5) is 0 Å². The molecule has 0 bridgehead atoms. The van der Waals surface area contributed by atoms with Crippen LogP contribution < -0.4 is 0 Å². The zero-order valence-electron chi connectivity index (χ0n) is 10.3. The van der Waals surface area contributed by atoms with Crippen molar-refractivity contribution in [3.63, 3.8) is 0 Å². The van der Waals surface area contributed by atoms with Gasteiger partial charge in [0.25, 0.3) is 0 Å². The molecule has 1 aliphatic carbocycles. The third kappa shape index (κ3) is 2.13. The lowest BCUT2D eigenvalue weighted by atomic mass is 10.1. The molecule has 0 saturated heterocycles. The SMILES string of the molecule is CCC(CC)n1nc2c(c1Cl)CCCCC2. The maximum Gasteiger partial charge on any atom is 0.130 e. The van der Waals surface area contributed by atoms with Gasteiger partial charge in [-0.2, -0.15) is 5.10 Å². The predicted octanol–water partition coefficient (Wildman–Crippen LogP) is 4.17. The maximum absolute atomic E-state index is 6.47. The highest BCUT2D eigenvalue weighted by Gasteiger charge is 2.21. The Morgan fingerprint density at radius 2 is 1.88 bits per heavy atom. The number of aromatic nitrogens is 2. The van der Waals surface area contributed by atoms with E-state index in [9.17, 15) is 0 Å². The van der Waals surface area contributed by atoms with Crippen molar-refractivity contribution in [2.24, 2.45) is 0 Å². The molecule has 0 saturated carbocycles. The van der Waals surface area contributed by atoms with Crippen LogP contribution in [0.2, 0.25) is 5.15 Å². The summed E-state index contributed by atoms with van der Waals surface area (Å²) in [7, 11) is 0. The highest BCUT2D eigenvalue weighted by atomic mass is 35.5. The van der Waals surface area contributed by atoms with E-state index in [1.807, 2.05) is 0 Å². The zero-order valence-corrected chi connectivity index (χ0v) is 11.1. The Morgan fingerprint density at radius 1 is 1.19 bits per heavy atom. The average Bonchev–Trinajstić information content (AvgIpc) is 2.51. The fourth-order valence-corrected chi connectivity index (χ4v) is 2.97. The lowest BCUT2D eigenvalue weighted by Crippen LogP contribution is -2.09. The Kier molecular flexibility index (Phi) is 3.91. The summed E-state index contributed by atoms with van der Waals surface area (Å²) in [5, 5.41) is 5.64. The maximum atomic E-state index is 6.47. The van der Waals surface area contributed by atoms with Crippen molar-refractivity contribution in [1.82, 2.24) is 9.78 Å². The van der Waals surface area contributed by atoms with Gasteiger partial charge in [-0.1, -0.05) is 31.9 Å². The van der Waals surface area contributed by atoms with Gasteiger partial charge in [0.1, 0.15) is 5.15 Å². The van der Waals surface area contributed by atoms with Gasteiger partial charge in [0.15, 0.2) is 0 Å². The molecule has 90 valence electrons. The minimum Gasteiger partial charge on any atom is -0.250 e. The lowest BCUT2D eigenvalue weighted by molar-refractivity contribution is 0.425. The molecule has 0 amide bonds. The molecule has 1 aliphatic rings. The summed E-state index contributed by atoms with van der Waals surface area (Å²) in [4.78, 5) is 0. The van der Waals surface area contributed by atoms with Crippen molar-refractivity contribution in [2.45, 2.75) is 64.8 Å². The van der Waals surface area contributed by atoms with Crippen molar-refractivity contribution in [1.29, 1.82) is 0 Å². The summed E-state index contributed by atoms with van der Waals surface area (Å²) in [6, 6.07) is 0.472. The van der Waals surface area contributed by atoms with Gasteiger partial charge in [0.05, 0.1) is 11.7 Å². The van der Waals surface area contributed by atoms with Gasteiger partial charge in [-0.15, -0.1) is 0 Å². The second-order valence-corrected chi connectivity index (χ2v) is 5.05. The third-order valence-electron chi connectivity index (χ3n) is 3.66. The number of aryl methyl sites for hydroxylation is 1. The summed E-state index contributed by atoms with van der Waals surface area (Å²) in [5.41, 5.74) is 2.58. The Morgan fingerprint density at radius 3 is 2.56 bits per heavy atom. The third-order valence-corrected chi connectivity index (χ3v) is 4.06. The molecule has 1 aromatic heterocycles. The number of halogens is 1. The minimum atomic E-state index is 0.472. The highest BCUT2D eigenvalue weighted by Crippen LogP contribution is 2.30. The van der Waals surface area contributed by atoms with Crippen LogP contribution in [-0.2, 0) is 12.8 Å². The molecule has 3 heteroatoms. The van der Waals surface area contributed by atoms with Crippen molar-refractivity contribution in [3.05, 3.63) is 16.4 Å². The second kappa shape index (κ2) is 5.22. The van der Waals surface area contributed by atoms with E-state index in [0.29, 0.717) is 6.04 Å². The summed E-state index contributed by atoms with van der Waals surface area (Å²) >= 11 is 6.47. The number of hydrogen-bond acceptors (Lipinski definition) is 1. The van der Waals surface area contributed by atoms with Crippen LogP contribution in [0.5, 0.6) is 0 Å². The molecule has 1 aromatic rings. The molecule has 1 heterocycles. The molecule has 0 N–H and O–H groups in total.